The van der Waals surface area contributed by atoms with Gasteiger partial charge in [0.2, 0.25) is 0 Å². The van der Waals surface area contributed by atoms with Gasteiger partial charge < -0.3 is 5.73 Å². The molecule has 2 heterocycles. The quantitative estimate of drug-likeness (QED) is 0.687. The van der Waals surface area contributed by atoms with Gasteiger partial charge >= 0.3 is 0 Å². The van der Waals surface area contributed by atoms with Crippen LogP contribution in [0.4, 0.5) is 10.1 Å². The number of nitrogen functional groups attached to an aromatic ring is 1. The highest BCUT2D eigenvalue weighted by Gasteiger charge is 2.15. The molecule has 3 rings (SSSR count). The van der Waals surface area contributed by atoms with Gasteiger partial charge in [0, 0.05) is 12.7 Å². The summed E-state index contributed by atoms with van der Waals surface area (Å²) < 4.78 is 16.9. The maximum absolute atomic E-state index is 13.8. The molecule has 0 radical (unpaired) electrons. The Bertz CT molecular complexity index is 730. The summed E-state index contributed by atoms with van der Waals surface area (Å²) in [5.74, 6) is -0.160. The number of aromatic nitrogens is 6. The molecule has 0 aliphatic rings. The third-order valence-corrected chi connectivity index (χ3v) is 2.64. The Labute approximate surface area is 107 Å². The third kappa shape index (κ3) is 1.92. The molecule has 0 amide bonds. The molecule has 0 atom stereocenters. The van der Waals surface area contributed by atoms with E-state index in [1.807, 2.05) is 0 Å². The predicted molar refractivity (Wildman–Crippen MR) is 65.7 cm³/mol. The van der Waals surface area contributed by atoms with Crippen LogP contribution in [0.1, 0.15) is 0 Å². The minimum absolute atomic E-state index is 0.244. The summed E-state index contributed by atoms with van der Waals surface area (Å²) >= 11 is 0. The Morgan fingerprint density at radius 1 is 1.32 bits per heavy atom. The molecule has 0 bridgehead atoms. The molecule has 0 fully saturated rings. The number of hydrogen-bond donors (Lipinski definition) is 1. The van der Waals surface area contributed by atoms with Crippen LogP contribution in [0.2, 0.25) is 0 Å². The summed E-state index contributed by atoms with van der Waals surface area (Å²) in [6, 6.07) is 4.26. The van der Waals surface area contributed by atoms with Crippen LogP contribution >= 0.6 is 0 Å². The maximum atomic E-state index is 13.8. The maximum Gasteiger partial charge on any atom is 0.190 e. The standard InChI is InChI=1S/C11H10FN7/c1-18-6-8(5-14-18)19-11(15-16-17-19)9-4-7(13)2-3-10(9)12/h2-6H,13H2,1H3. The van der Waals surface area contributed by atoms with E-state index in [0.29, 0.717) is 11.4 Å². The van der Waals surface area contributed by atoms with Crippen molar-refractivity contribution >= 4 is 5.69 Å². The highest BCUT2D eigenvalue weighted by atomic mass is 19.1. The zero-order chi connectivity index (χ0) is 13.4. The second-order valence-corrected chi connectivity index (χ2v) is 4.03. The van der Waals surface area contributed by atoms with Crippen molar-refractivity contribution < 1.29 is 4.39 Å². The van der Waals surface area contributed by atoms with Crippen LogP contribution in [0.3, 0.4) is 0 Å². The van der Waals surface area contributed by atoms with E-state index in [0.717, 1.165) is 0 Å². The molecule has 19 heavy (non-hydrogen) atoms. The molecule has 0 spiro atoms. The van der Waals surface area contributed by atoms with Crippen molar-refractivity contribution in [2.75, 3.05) is 5.73 Å². The summed E-state index contributed by atoms with van der Waals surface area (Å²) in [7, 11) is 1.77. The number of tetrazole rings is 1. The van der Waals surface area contributed by atoms with Crippen LogP contribution in [0.5, 0.6) is 0 Å². The molecule has 7 nitrogen and oxygen atoms in total. The van der Waals surface area contributed by atoms with Crippen molar-refractivity contribution in [3.63, 3.8) is 0 Å². The van der Waals surface area contributed by atoms with Crippen LogP contribution in [0.25, 0.3) is 17.1 Å². The fourth-order valence-electron chi connectivity index (χ4n) is 1.76. The van der Waals surface area contributed by atoms with Crippen LogP contribution in [-0.2, 0) is 7.05 Å². The van der Waals surface area contributed by atoms with E-state index in [1.165, 1.54) is 22.9 Å². The molecule has 0 unspecified atom stereocenters. The first kappa shape index (κ1) is 11.3. The first-order chi connectivity index (χ1) is 9.15. The van der Waals surface area contributed by atoms with Gasteiger partial charge in [0.05, 0.1) is 18.0 Å². The zero-order valence-electron chi connectivity index (χ0n) is 10.0. The second-order valence-electron chi connectivity index (χ2n) is 4.03. The zero-order valence-corrected chi connectivity index (χ0v) is 10.0. The molecule has 0 aliphatic carbocycles. The van der Waals surface area contributed by atoms with Crippen molar-refractivity contribution in [1.29, 1.82) is 0 Å². The molecule has 0 saturated heterocycles. The van der Waals surface area contributed by atoms with Crippen molar-refractivity contribution in [1.82, 2.24) is 30.0 Å². The van der Waals surface area contributed by atoms with Gasteiger partial charge in [-0.2, -0.15) is 9.78 Å². The van der Waals surface area contributed by atoms with Crippen LogP contribution < -0.4 is 5.73 Å². The van der Waals surface area contributed by atoms with Gasteiger partial charge in [0.1, 0.15) is 11.5 Å². The fourth-order valence-corrected chi connectivity index (χ4v) is 1.76. The summed E-state index contributed by atoms with van der Waals surface area (Å²) in [5, 5.41) is 15.3. The van der Waals surface area contributed by atoms with Gasteiger partial charge in [-0.1, -0.05) is 0 Å². The minimum atomic E-state index is -0.436. The van der Waals surface area contributed by atoms with E-state index in [9.17, 15) is 4.39 Å². The van der Waals surface area contributed by atoms with Gasteiger partial charge in [0.25, 0.3) is 0 Å². The Morgan fingerprint density at radius 2 is 2.16 bits per heavy atom. The number of rotatable bonds is 2. The van der Waals surface area contributed by atoms with Crippen LogP contribution in [0, 0.1) is 5.82 Å². The summed E-state index contributed by atoms with van der Waals surface area (Å²) in [6.45, 7) is 0. The van der Waals surface area contributed by atoms with E-state index < -0.39 is 5.82 Å². The molecule has 2 N–H and O–H groups in total. The Balaban J connectivity index is 2.17. The second kappa shape index (κ2) is 4.16. The van der Waals surface area contributed by atoms with Gasteiger partial charge in [-0.15, -0.1) is 5.10 Å². The lowest BCUT2D eigenvalue weighted by molar-refractivity contribution is 0.629. The largest absolute Gasteiger partial charge is 0.399 e. The van der Waals surface area contributed by atoms with Crippen molar-refractivity contribution in [3.8, 4) is 17.1 Å². The normalized spacial score (nSPS) is 10.8. The summed E-state index contributed by atoms with van der Waals surface area (Å²) in [6.07, 6.45) is 3.31. The summed E-state index contributed by atoms with van der Waals surface area (Å²) in [5.41, 5.74) is 6.99. The van der Waals surface area contributed by atoms with Crippen molar-refractivity contribution in [2.45, 2.75) is 0 Å². The Morgan fingerprint density at radius 3 is 2.89 bits per heavy atom. The molecule has 8 heteroatoms. The Hall–Kier alpha value is -2.77. The fraction of sp³-hybridized carbons (Fsp3) is 0.0909. The Kier molecular flexibility index (Phi) is 2.48. The number of benzene rings is 1. The van der Waals surface area contributed by atoms with E-state index in [4.69, 9.17) is 5.73 Å². The van der Waals surface area contributed by atoms with Crippen LogP contribution in [0.15, 0.2) is 30.6 Å². The van der Waals surface area contributed by atoms with Gasteiger partial charge in [0.15, 0.2) is 5.82 Å². The molecule has 1 aromatic carbocycles. The first-order valence-corrected chi connectivity index (χ1v) is 5.48. The van der Waals surface area contributed by atoms with Crippen molar-refractivity contribution in [2.24, 2.45) is 7.05 Å². The lowest BCUT2D eigenvalue weighted by atomic mass is 10.2. The lowest BCUT2D eigenvalue weighted by Gasteiger charge is -2.04. The molecule has 0 saturated carbocycles. The van der Waals surface area contributed by atoms with E-state index in [1.54, 1.807) is 24.1 Å². The average molecular weight is 259 g/mol. The SMILES string of the molecule is Cn1cc(-n2nnnc2-c2cc(N)ccc2F)cn1. The highest BCUT2D eigenvalue weighted by Crippen LogP contribution is 2.24. The first-order valence-electron chi connectivity index (χ1n) is 5.48. The predicted octanol–water partition coefficient (Wildman–Crippen LogP) is 0.784. The minimum Gasteiger partial charge on any atom is -0.399 e. The van der Waals surface area contributed by atoms with Crippen LogP contribution in [-0.4, -0.2) is 30.0 Å². The van der Waals surface area contributed by atoms with Crippen molar-refractivity contribution in [3.05, 3.63) is 36.4 Å². The topological polar surface area (TPSA) is 87.4 Å². The molecular formula is C11H10FN7. The smallest absolute Gasteiger partial charge is 0.190 e. The van der Waals surface area contributed by atoms with Gasteiger partial charge in [-0.05, 0) is 28.6 Å². The lowest BCUT2D eigenvalue weighted by Crippen LogP contribution is -2.00. The molecule has 96 valence electrons. The van der Waals surface area contributed by atoms with Gasteiger partial charge in [-0.3, -0.25) is 4.68 Å². The number of aryl methyl sites for hydroxylation is 1. The van der Waals surface area contributed by atoms with E-state index in [2.05, 4.69) is 20.6 Å². The average Bonchev–Trinajstić information content (AvgIpc) is 3.00. The molecule has 0 aliphatic heterocycles. The number of hydrogen-bond acceptors (Lipinski definition) is 5. The molecule has 3 aromatic rings. The molecule has 2 aromatic heterocycles. The summed E-state index contributed by atoms with van der Waals surface area (Å²) in [4.78, 5) is 0. The highest BCUT2D eigenvalue weighted by molar-refractivity contribution is 5.63. The number of halogens is 1. The molecular weight excluding hydrogens is 249 g/mol. The third-order valence-electron chi connectivity index (χ3n) is 2.64. The van der Waals surface area contributed by atoms with Gasteiger partial charge in [-0.25, -0.2) is 4.39 Å². The number of nitrogens with zero attached hydrogens (tertiary/aromatic N) is 6. The monoisotopic (exact) mass is 259 g/mol. The van der Waals surface area contributed by atoms with E-state index >= 15 is 0 Å². The number of nitrogens with two attached hydrogens (primary N) is 1. The van der Waals surface area contributed by atoms with E-state index in [-0.39, 0.29) is 11.4 Å². The number of anilines is 1.